The topological polar surface area (TPSA) is 120 Å². The SMILES string of the molecule is O=C(O)N1CCN(c2ncc(C(F)(F)F)cc2[N+](=O)[O-])[C@@H](CO)C1. The maximum absolute atomic E-state index is 12.7. The Morgan fingerprint density at radius 1 is 1.46 bits per heavy atom. The highest BCUT2D eigenvalue weighted by Crippen LogP contribution is 2.35. The van der Waals surface area contributed by atoms with Crippen LogP contribution in [0.2, 0.25) is 0 Å². The predicted molar refractivity (Wildman–Crippen MR) is 73.7 cm³/mol. The van der Waals surface area contributed by atoms with Gasteiger partial charge in [-0.3, -0.25) is 10.1 Å². The Bertz CT molecular complexity index is 654. The molecule has 2 heterocycles. The minimum atomic E-state index is -4.78. The molecule has 24 heavy (non-hydrogen) atoms. The quantitative estimate of drug-likeness (QED) is 0.620. The van der Waals surface area contributed by atoms with Gasteiger partial charge in [0.25, 0.3) is 0 Å². The summed E-state index contributed by atoms with van der Waals surface area (Å²) in [6.07, 6.45) is -5.53. The van der Waals surface area contributed by atoms with Crippen molar-refractivity contribution in [3.05, 3.63) is 27.9 Å². The molecule has 2 rings (SSSR count). The number of halogens is 3. The van der Waals surface area contributed by atoms with Crippen LogP contribution in [0.4, 0.5) is 29.5 Å². The molecule has 0 saturated carbocycles. The number of carboxylic acid groups (broad SMARTS) is 1. The number of nitrogens with zero attached hydrogens (tertiary/aromatic N) is 4. The van der Waals surface area contributed by atoms with Gasteiger partial charge in [-0.1, -0.05) is 0 Å². The number of alkyl halides is 3. The molecule has 1 aromatic heterocycles. The van der Waals surface area contributed by atoms with E-state index in [4.69, 9.17) is 5.11 Å². The zero-order valence-electron chi connectivity index (χ0n) is 12.1. The van der Waals surface area contributed by atoms with Gasteiger partial charge in [0, 0.05) is 31.9 Å². The van der Waals surface area contributed by atoms with Crippen LogP contribution < -0.4 is 4.90 Å². The van der Waals surface area contributed by atoms with Crippen LogP contribution in [0.15, 0.2) is 12.3 Å². The average molecular weight is 350 g/mol. The molecular weight excluding hydrogens is 337 g/mol. The maximum Gasteiger partial charge on any atom is 0.418 e. The van der Waals surface area contributed by atoms with Gasteiger partial charge in [-0.25, -0.2) is 9.78 Å². The molecule has 12 heteroatoms. The van der Waals surface area contributed by atoms with Crippen LogP contribution in [0.5, 0.6) is 0 Å². The summed E-state index contributed by atoms with van der Waals surface area (Å²) in [6, 6.07) is -0.474. The van der Waals surface area contributed by atoms with Gasteiger partial charge >= 0.3 is 18.0 Å². The second-order valence-electron chi connectivity index (χ2n) is 5.08. The van der Waals surface area contributed by atoms with Crippen molar-refractivity contribution in [2.45, 2.75) is 12.2 Å². The van der Waals surface area contributed by atoms with E-state index in [0.717, 1.165) is 4.90 Å². The number of anilines is 1. The lowest BCUT2D eigenvalue weighted by Crippen LogP contribution is -2.56. The van der Waals surface area contributed by atoms with E-state index < -0.39 is 41.1 Å². The number of rotatable bonds is 3. The van der Waals surface area contributed by atoms with Crippen LogP contribution >= 0.6 is 0 Å². The highest BCUT2D eigenvalue weighted by atomic mass is 19.4. The van der Waals surface area contributed by atoms with Crippen molar-refractivity contribution in [2.75, 3.05) is 31.1 Å². The summed E-state index contributed by atoms with van der Waals surface area (Å²) < 4.78 is 38.1. The molecule has 0 aromatic carbocycles. The third-order valence-electron chi connectivity index (χ3n) is 3.61. The van der Waals surface area contributed by atoms with E-state index in [0.29, 0.717) is 12.3 Å². The number of piperazine rings is 1. The average Bonchev–Trinajstić information content (AvgIpc) is 2.52. The van der Waals surface area contributed by atoms with Gasteiger partial charge in [0.15, 0.2) is 0 Å². The molecule has 9 nitrogen and oxygen atoms in total. The van der Waals surface area contributed by atoms with Crippen molar-refractivity contribution in [1.82, 2.24) is 9.88 Å². The summed E-state index contributed by atoms with van der Waals surface area (Å²) in [5, 5.41) is 29.5. The molecule has 1 fully saturated rings. The Balaban J connectivity index is 2.40. The molecule has 0 spiro atoms. The number of aliphatic hydroxyl groups excluding tert-OH is 1. The predicted octanol–water partition coefficient (Wildman–Crippen LogP) is 1.17. The van der Waals surface area contributed by atoms with Gasteiger partial charge in [0.2, 0.25) is 5.82 Å². The third-order valence-corrected chi connectivity index (χ3v) is 3.61. The highest BCUT2D eigenvalue weighted by Gasteiger charge is 2.37. The summed E-state index contributed by atoms with van der Waals surface area (Å²) in [5.41, 5.74) is -2.12. The van der Waals surface area contributed by atoms with E-state index in [9.17, 15) is 33.2 Å². The Morgan fingerprint density at radius 2 is 2.12 bits per heavy atom. The first-order chi connectivity index (χ1) is 11.1. The third kappa shape index (κ3) is 3.48. The number of amides is 1. The fourth-order valence-corrected chi connectivity index (χ4v) is 2.42. The molecule has 2 N–H and O–H groups in total. The monoisotopic (exact) mass is 350 g/mol. The van der Waals surface area contributed by atoms with Crippen molar-refractivity contribution in [2.24, 2.45) is 0 Å². The second kappa shape index (κ2) is 6.47. The van der Waals surface area contributed by atoms with Crippen molar-refractivity contribution < 1.29 is 33.1 Å². The van der Waals surface area contributed by atoms with E-state index >= 15 is 0 Å². The van der Waals surface area contributed by atoms with Crippen molar-refractivity contribution in [3.63, 3.8) is 0 Å². The molecule has 132 valence electrons. The molecule has 0 aliphatic carbocycles. The fourth-order valence-electron chi connectivity index (χ4n) is 2.42. The number of aliphatic hydroxyl groups is 1. The zero-order chi connectivity index (χ0) is 18.1. The normalized spacial score (nSPS) is 18.6. The second-order valence-corrected chi connectivity index (χ2v) is 5.08. The largest absolute Gasteiger partial charge is 0.465 e. The van der Waals surface area contributed by atoms with Crippen LogP contribution in [0.1, 0.15) is 5.56 Å². The number of pyridine rings is 1. The van der Waals surface area contributed by atoms with Crippen LogP contribution in [0.25, 0.3) is 0 Å². The molecule has 0 radical (unpaired) electrons. The molecule has 1 aromatic rings. The van der Waals surface area contributed by atoms with Gasteiger partial charge in [0.1, 0.15) is 0 Å². The number of hydrogen-bond donors (Lipinski definition) is 2. The van der Waals surface area contributed by atoms with Gasteiger partial charge in [0.05, 0.1) is 23.1 Å². The Kier molecular flexibility index (Phi) is 4.78. The summed E-state index contributed by atoms with van der Waals surface area (Å²) in [4.78, 5) is 26.9. The van der Waals surface area contributed by atoms with Gasteiger partial charge in [-0.15, -0.1) is 0 Å². The molecule has 0 unspecified atom stereocenters. The van der Waals surface area contributed by atoms with Crippen LogP contribution in [0.3, 0.4) is 0 Å². The highest BCUT2D eigenvalue weighted by molar-refractivity contribution is 5.66. The van der Waals surface area contributed by atoms with Gasteiger partial charge in [-0.2, -0.15) is 13.2 Å². The van der Waals surface area contributed by atoms with E-state index in [2.05, 4.69) is 4.98 Å². The van der Waals surface area contributed by atoms with E-state index in [1.807, 2.05) is 0 Å². The smallest absolute Gasteiger partial charge is 0.418 e. The molecule has 0 bridgehead atoms. The summed E-state index contributed by atoms with van der Waals surface area (Å²) in [7, 11) is 0. The molecule has 1 aliphatic rings. The summed E-state index contributed by atoms with van der Waals surface area (Å²) in [6.45, 7) is -0.752. The van der Waals surface area contributed by atoms with Crippen molar-refractivity contribution in [3.8, 4) is 0 Å². The maximum atomic E-state index is 12.7. The number of hydrogen-bond acceptors (Lipinski definition) is 6. The first-order valence-electron chi connectivity index (χ1n) is 6.72. The Morgan fingerprint density at radius 3 is 2.62 bits per heavy atom. The van der Waals surface area contributed by atoms with Gasteiger partial charge in [-0.05, 0) is 0 Å². The lowest BCUT2D eigenvalue weighted by molar-refractivity contribution is -0.384. The molecular formula is C12H13F3N4O5. The van der Waals surface area contributed by atoms with Crippen LogP contribution in [0, 0.1) is 10.1 Å². The molecule has 1 atom stereocenters. The van der Waals surface area contributed by atoms with Crippen molar-refractivity contribution >= 4 is 17.6 Å². The van der Waals surface area contributed by atoms with Crippen LogP contribution in [-0.4, -0.2) is 63.4 Å². The molecule has 1 saturated heterocycles. The van der Waals surface area contributed by atoms with E-state index in [1.54, 1.807) is 0 Å². The van der Waals surface area contributed by atoms with E-state index in [1.165, 1.54) is 4.90 Å². The fraction of sp³-hybridized carbons (Fsp3) is 0.500. The van der Waals surface area contributed by atoms with Gasteiger partial charge < -0.3 is 20.0 Å². The minimum Gasteiger partial charge on any atom is -0.465 e. The minimum absolute atomic E-state index is 0.0221. The number of aromatic nitrogens is 1. The first kappa shape index (κ1) is 17.7. The molecule has 1 amide bonds. The number of nitro groups is 1. The lowest BCUT2D eigenvalue weighted by atomic mass is 10.1. The lowest BCUT2D eigenvalue weighted by Gasteiger charge is -2.39. The Labute approximate surface area is 133 Å². The first-order valence-corrected chi connectivity index (χ1v) is 6.72. The van der Waals surface area contributed by atoms with E-state index in [-0.39, 0.29) is 25.5 Å². The number of carbonyl (C=O) groups is 1. The Hall–Kier alpha value is -2.63. The van der Waals surface area contributed by atoms with Crippen LogP contribution in [-0.2, 0) is 6.18 Å². The molecule has 1 aliphatic heterocycles. The zero-order valence-corrected chi connectivity index (χ0v) is 12.1. The standard InChI is InChI=1S/C12H13F3N4O5/c13-12(14,15)7-3-9(19(23)24)10(16-4-7)18-2-1-17(11(21)22)5-8(18)6-20/h3-4,8,20H,1-2,5-6H2,(H,21,22)/t8-/m1/s1. The summed E-state index contributed by atoms with van der Waals surface area (Å²) in [5.74, 6) is -0.336. The van der Waals surface area contributed by atoms with Crippen molar-refractivity contribution in [1.29, 1.82) is 0 Å². The summed E-state index contributed by atoms with van der Waals surface area (Å²) >= 11 is 0.